The van der Waals surface area contributed by atoms with Crippen LogP contribution in [0.15, 0.2) is 182 Å². The summed E-state index contributed by atoms with van der Waals surface area (Å²) in [6.07, 6.45) is 0. The van der Waals surface area contributed by atoms with E-state index in [0.717, 1.165) is 44.4 Å². The fourth-order valence-corrected chi connectivity index (χ4v) is 8.26. The molecule has 0 spiro atoms. The number of para-hydroxylation sites is 4. The molecule has 11 aromatic rings. The fourth-order valence-electron chi connectivity index (χ4n) is 8.26. The number of hydrogen-bond donors (Lipinski definition) is 0. The highest BCUT2D eigenvalue weighted by atomic mass is 15.2. The van der Waals surface area contributed by atoms with Crippen molar-refractivity contribution in [1.82, 2.24) is 19.1 Å². The van der Waals surface area contributed by atoms with Crippen LogP contribution in [-0.2, 0) is 0 Å². The Bertz CT molecular complexity index is 3170. The van der Waals surface area contributed by atoms with E-state index < -0.39 is 0 Å². The average molecular weight is 663 g/mol. The van der Waals surface area contributed by atoms with Crippen LogP contribution < -0.4 is 0 Å². The molecule has 0 fully saturated rings. The van der Waals surface area contributed by atoms with E-state index in [0.29, 0.717) is 5.95 Å². The first-order valence-electron chi connectivity index (χ1n) is 17.7. The van der Waals surface area contributed by atoms with Gasteiger partial charge >= 0.3 is 0 Å². The summed E-state index contributed by atoms with van der Waals surface area (Å²) in [7, 11) is 0. The number of rotatable bonds is 4. The van der Waals surface area contributed by atoms with E-state index >= 15 is 0 Å². The lowest BCUT2D eigenvalue weighted by Crippen LogP contribution is -2.03. The number of fused-ring (bicyclic) bond motifs is 9. The zero-order valence-electron chi connectivity index (χ0n) is 28.1. The van der Waals surface area contributed by atoms with Gasteiger partial charge in [-0.15, -0.1) is 0 Å². The van der Waals surface area contributed by atoms with E-state index in [1.54, 1.807) is 0 Å². The van der Waals surface area contributed by atoms with E-state index in [2.05, 4.69) is 185 Å². The SMILES string of the molecule is c1ccc(-c2nc(-n3c4ccccc4c4c5ccccc5c(-c5ccc6c7ccccc7n(-c7ccccc7)c6c5)cc43)nc3ccccc23)cc1. The molecule has 3 aromatic heterocycles. The highest BCUT2D eigenvalue weighted by Gasteiger charge is 2.21. The van der Waals surface area contributed by atoms with Crippen molar-refractivity contribution in [1.29, 1.82) is 0 Å². The van der Waals surface area contributed by atoms with Crippen LogP contribution in [0.3, 0.4) is 0 Å². The summed E-state index contributed by atoms with van der Waals surface area (Å²) in [6, 6.07) is 64.9. The fraction of sp³-hybridized carbons (Fsp3) is 0. The minimum atomic E-state index is 0.657. The minimum Gasteiger partial charge on any atom is -0.309 e. The van der Waals surface area contributed by atoms with Gasteiger partial charge in [-0.3, -0.25) is 4.57 Å². The lowest BCUT2D eigenvalue weighted by atomic mass is 9.94. The lowest BCUT2D eigenvalue weighted by molar-refractivity contribution is 1.01. The van der Waals surface area contributed by atoms with Gasteiger partial charge in [0, 0.05) is 38.2 Å². The molecule has 0 atom stereocenters. The van der Waals surface area contributed by atoms with E-state index in [-0.39, 0.29) is 0 Å². The van der Waals surface area contributed by atoms with Gasteiger partial charge in [-0.05, 0) is 64.4 Å². The Morgan fingerprint density at radius 2 is 0.942 bits per heavy atom. The molecule has 0 N–H and O–H groups in total. The second kappa shape index (κ2) is 11.2. The molecular formula is C48H30N4. The van der Waals surface area contributed by atoms with Crippen molar-refractivity contribution in [3.05, 3.63) is 182 Å². The Balaban J connectivity index is 1.24. The van der Waals surface area contributed by atoms with Crippen molar-refractivity contribution in [3.8, 4) is 34.0 Å². The summed E-state index contributed by atoms with van der Waals surface area (Å²) in [5, 5.41) is 8.32. The topological polar surface area (TPSA) is 35.6 Å². The Morgan fingerprint density at radius 3 is 1.73 bits per heavy atom. The predicted molar refractivity (Wildman–Crippen MR) is 217 cm³/mol. The van der Waals surface area contributed by atoms with Gasteiger partial charge in [-0.25, -0.2) is 9.97 Å². The molecule has 0 aliphatic heterocycles. The van der Waals surface area contributed by atoms with Gasteiger partial charge in [0.25, 0.3) is 0 Å². The van der Waals surface area contributed by atoms with E-state index in [1.165, 1.54) is 48.9 Å². The Morgan fingerprint density at radius 1 is 0.346 bits per heavy atom. The summed E-state index contributed by atoms with van der Waals surface area (Å²) in [5.41, 5.74) is 10.9. The molecule has 4 nitrogen and oxygen atoms in total. The Kier molecular flexibility index (Phi) is 6.22. The summed E-state index contributed by atoms with van der Waals surface area (Å²) < 4.78 is 4.65. The van der Waals surface area contributed by atoms with Crippen molar-refractivity contribution in [2.24, 2.45) is 0 Å². The highest BCUT2D eigenvalue weighted by molar-refractivity contribution is 6.24. The molecule has 0 unspecified atom stereocenters. The summed E-state index contributed by atoms with van der Waals surface area (Å²) >= 11 is 0. The van der Waals surface area contributed by atoms with Crippen LogP contribution >= 0.6 is 0 Å². The van der Waals surface area contributed by atoms with Gasteiger partial charge in [-0.1, -0.05) is 140 Å². The smallest absolute Gasteiger partial charge is 0.235 e. The van der Waals surface area contributed by atoms with Crippen molar-refractivity contribution in [2.75, 3.05) is 0 Å². The monoisotopic (exact) mass is 662 g/mol. The van der Waals surface area contributed by atoms with Crippen LogP contribution in [0.2, 0.25) is 0 Å². The van der Waals surface area contributed by atoms with Crippen LogP contribution in [0, 0.1) is 0 Å². The van der Waals surface area contributed by atoms with Crippen molar-refractivity contribution in [3.63, 3.8) is 0 Å². The second-order valence-corrected chi connectivity index (χ2v) is 13.4. The molecule has 0 saturated heterocycles. The average Bonchev–Trinajstić information content (AvgIpc) is 3.73. The molecule has 242 valence electrons. The summed E-state index contributed by atoms with van der Waals surface area (Å²) in [6.45, 7) is 0. The summed E-state index contributed by atoms with van der Waals surface area (Å²) in [4.78, 5) is 10.6. The van der Waals surface area contributed by atoms with Crippen LogP contribution in [0.5, 0.6) is 0 Å². The third kappa shape index (κ3) is 4.21. The lowest BCUT2D eigenvalue weighted by Gasteiger charge is -2.14. The molecule has 0 amide bonds. The third-order valence-corrected chi connectivity index (χ3v) is 10.5. The van der Waals surface area contributed by atoms with Crippen molar-refractivity contribution in [2.45, 2.75) is 0 Å². The second-order valence-electron chi connectivity index (χ2n) is 13.4. The predicted octanol–water partition coefficient (Wildman–Crippen LogP) is 12.3. The first kappa shape index (κ1) is 28.8. The molecule has 0 radical (unpaired) electrons. The maximum absolute atomic E-state index is 5.36. The van der Waals surface area contributed by atoms with Gasteiger partial charge < -0.3 is 4.57 Å². The number of nitrogens with zero attached hydrogens (tertiary/aromatic N) is 4. The van der Waals surface area contributed by atoms with Gasteiger partial charge in [0.05, 0.1) is 33.3 Å². The standard InChI is InChI=1S/C48H30N4/c1-3-15-31(16-4-1)47-38-22-9-12-24-41(38)49-48(50-47)52-43-26-14-11-23-39(43)46-37-21-8-7-19-34(37)40(30-45(46)52)32-27-28-36-35-20-10-13-25-42(35)51(44(36)29-32)33-17-5-2-6-18-33/h1-30H. The Hall–Kier alpha value is -7.04. The largest absolute Gasteiger partial charge is 0.309 e. The molecule has 0 aliphatic rings. The highest BCUT2D eigenvalue weighted by Crippen LogP contribution is 2.43. The molecule has 3 heterocycles. The van der Waals surface area contributed by atoms with Gasteiger partial charge in [0.2, 0.25) is 5.95 Å². The maximum Gasteiger partial charge on any atom is 0.235 e. The zero-order valence-corrected chi connectivity index (χ0v) is 28.1. The van der Waals surface area contributed by atoms with Gasteiger partial charge in [-0.2, -0.15) is 0 Å². The van der Waals surface area contributed by atoms with Crippen molar-refractivity contribution >= 4 is 65.3 Å². The van der Waals surface area contributed by atoms with Gasteiger partial charge in [0.15, 0.2) is 0 Å². The number of benzene rings is 8. The quantitative estimate of drug-likeness (QED) is 0.188. The first-order chi connectivity index (χ1) is 25.8. The van der Waals surface area contributed by atoms with Crippen LogP contribution in [-0.4, -0.2) is 19.1 Å². The molecule has 0 saturated carbocycles. The number of hydrogen-bond acceptors (Lipinski definition) is 2. The zero-order chi connectivity index (χ0) is 34.2. The minimum absolute atomic E-state index is 0.657. The Labute approximate surface area is 299 Å². The molecule has 0 bridgehead atoms. The van der Waals surface area contributed by atoms with E-state index in [1.807, 2.05) is 6.07 Å². The summed E-state index contributed by atoms with van der Waals surface area (Å²) in [5.74, 6) is 0.657. The first-order valence-corrected chi connectivity index (χ1v) is 17.7. The normalized spacial score (nSPS) is 11.8. The maximum atomic E-state index is 5.36. The van der Waals surface area contributed by atoms with Crippen LogP contribution in [0.4, 0.5) is 0 Å². The van der Waals surface area contributed by atoms with E-state index in [9.17, 15) is 0 Å². The molecule has 0 aliphatic carbocycles. The molecule has 11 rings (SSSR count). The van der Waals surface area contributed by atoms with Crippen LogP contribution in [0.25, 0.3) is 99.3 Å². The molecule has 52 heavy (non-hydrogen) atoms. The number of aromatic nitrogens is 4. The van der Waals surface area contributed by atoms with Crippen molar-refractivity contribution < 1.29 is 0 Å². The third-order valence-electron chi connectivity index (χ3n) is 10.5. The molecule has 8 aromatic carbocycles. The molecular weight excluding hydrogens is 633 g/mol. The van der Waals surface area contributed by atoms with Gasteiger partial charge in [0.1, 0.15) is 0 Å². The van der Waals surface area contributed by atoms with E-state index in [4.69, 9.17) is 9.97 Å². The molecule has 4 heteroatoms. The van der Waals surface area contributed by atoms with Crippen LogP contribution in [0.1, 0.15) is 0 Å².